The molecule has 3 N–H and O–H groups in total. The SMILES string of the molecule is CN(C)NC(=O)c1c[nH]c(C(=O)O)c1. The Labute approximate surface area is 80.5 Å². The number of aromatic carboxylic acids is 1. The van der Waals surface area contributed by atoms with Crippen molar-refractivity contribution >= 4 is 11.9 Å². The molecule has 0 saturated carbocycles. The largest absolute Gasteiger partial charge is 0.477 e. The van der Waals surface area contributed by atoms with Gasteiger partial charge in [0.25, 0.3) is 5.91 Å². The molecule has 0 radical (unpaired) electrons. The summed E-state index contributed by atoms with van der Waals surface area (Å²) < 4.78 is 0. The Hall–Kier alpha value is -1.82. The molecule has 0 unspecified atom stereocenters. The molecule has 0 fully saturated rings. The van der Waals surface area contributed by atoms with Crippen LogP contribution in [0, 0.1) is 0 Å². The first-order chi connectivity index (χ1) is 6.50. The van der Waals surface area contributed by atoms with Crippen LogP contribution < -0.4 is 5.43 Å². The first-order valence-corrected chi connectivity index (χ1v) is 3.90. The second-order valence-electron chi connectivity index (χ2n) is 2.94. The monoisotopic (exact) mass is 197 g/mol. The van der Waals surface area contributed by atoms with Crippen LogP contribution in [0.2, 0.25) is 0 Å². The predicted molar refractivity (Wildman–Crippen MR) is 48.9 cm³/mol. The van der Waals surface area contributed by atoms with Crippen molar-refractivity contribution in [3.8, 4) is 0 Å². The molecule has 6 nitrogen and oxygen atoms in total. The van der Waals surface area contributed by atoms with E-state index < -0.39 is 5.97 Å². The van der Waals surface area contributed by atoms with E-state index in [0.29, 0.717) is 0 Å². The third-order valence-electron chi connectivity index (χ3n) is 1.50. The van der Waals surface area contributed by atoms with Gasteiger partial charge in [0, 0.05) is 20.3 Å². The summed E-state index contributed by atoms with van der Waals surface area (Å²) in [5, 5.41) is 10.1. The van der Waals surface area contributed by atoms with Gasteiger partial charge in [0.15, 0.2) is 0 Å². The molecule has 1 aromatic heterocycles. The number of aromatic nitrogens is 1. The number of nitrogens with one attached hydrogen (secondary N) is 2. The van der Waals surface area contributed by atoms with Crippen LogP contribution in [-0.4, -0.2) is 41.1 Å². The van der Waals surface area contributed by atoms with Crippen LogP contribution >= 0.6 is 0 Å². The fraction of sp³-hybridized carbons (Fsp3) is 0.250. The number of carboxylic acids is 1. The Kier molecular flexibility index (Phi) is 2.88. The van der Waals surface area contributed by atoms with Crippen LogP contribution in [0.1, 0.15) is 20.8 Å². The molecule has 0 bridgehead atoms. The van der Waals surface area contributed by atoms with Gasteiger partial charge in [0.1, 0.15) is 5.69 Å². The second kappa shape index (κ2) is 3.93. The first-order valence-electron chi connectivity index (χ1n) is 3.90. The molecule has 1 aromatic rings. The minimum atomic E-state index is -1.09. The van der Waals surface area contributed by atoms with E-state index in [9.17, 15) is 9.59 Å². The van der Waals surface area contributed by atoms with Crippen LogP contribution in [0.5, 0.6) is 0 Å². The molecule has 0 atom stereocenters. The van der Waals surface area contributed by atoms with E-state index in [-0.39, 0.29) is 17.2 Å². The lowest BCUT2D eigenvalue weighted by Gasteiger charge is -2.09. The molecule has 0 saturated heterocycles. The molecule has 76 valence electrons. The molecular formula is C8H11N3O3. The van der Waals surface area contributed by atoms with E-state index in [2.05, 4.69) is 10.4 Å². The molecule has 1 amide bonds. The Morgan fingerprint density at radius 2 is 2.14 bits per heavy atom. The Morgan fingerprint density at radius 3 is 2.57 bits per heavy atom. The Balaban J connectivity index is 2.76. The van der Waals surface area contributed by atoms with Gasteiger partial charge in [-0.15, -0.1) is 0 Å². The quantitative estimate of drug-likeness (QED) is 0.591. The molecule has 6 heteroatoms. The number of carbonyl (C=O) groups excluding carboxylic acids is 1. The third kappa shape index (κ3) is 2.33. The van der Waals surface area contributed by atoms with Gasteiger partial charge < -0.3 is 10.1 Å². The summed E-state index contributed by atoms with van der Waals surface area (Å²) in [5.41, 5.74) is 2.78. The van der Waals surface area contributed by atoms with Gasteiger partial charge in [-0.05, 0) is 6.07 Å². The van der Waals surface area contributed by atoms with E-state index >= 15 is 0 Å². The topological polar surface area (TPSA) is 85.4 Å². The fourth-order valence-corrected chi connectivity index (χ4v) is 0.917. The highest BCUT2D eigenvalue weighted by Crippen LogP contribution is 2.03. The van der Waals surface area contributed by atoms with Crippen molar-refractivity contribution in [3.63, 3.8) is 0 Å². The van der Waals surface area contributed by atoms with Gasteiger partial charge in [-0.3, -0.25) is 10.2 Å². The number of hydrogen-bond acceptors (Lipinski definition) is 3. The summed E-state index contributed by atoms with van der Waals surface area (Å²) in [7, 11) is 3.34. The van der Waals surface area contributed by atoms with Crippen molar-refractivity contribution < 1.29 is 14.7 Å². The van der Waals surface area contributed by atoms with Crippen LogP contribution in [0.25, 0.3) is 0 Å². The van der Waals surface area contributed by atoms with Crippen LogP contribution in [-0.2, 0) is 0 Å². The molecular weight excluding hydrogens is 186 g/mol. The number of amides is 1. The van der Waals surface area contributed by atoms with Crippen LogP contribution in [0.3, 0.4) is 0 Å². The number of hydrazine groups is 1. The first kappa shape index (κ1) is 10.3. The van der Waals surface area contributed by atoms with Crippen LogP contribution in [0.15, 0.2) is 12.3 Å². The van der Waals surface area contributed by atoms with E-state index in [4.69, 9.17) is 5.11 Å². The van der Waals surface area contributed by atoms with E-state index in [0.717, 1.165) is 0 Å². The number of H-pyrrole nitrogens is 1. The maximum Gasteiger partial charge on any atom is 0.352 e. The lowest BCUT2D eigenvalue weighted by molar-refractivity contribution is 0.0691. The van der Waals surface area contributed by atoms with E-state index in [1.54, 1.807) is 14.1 Å². The third-order valence-corrected chi connectivity index (χ3v) is 1.50. The molecule has 0 spiro atoms. The minimum absolute atomic E-state index is 0.00564. The van der Waals surface area contributed by atoms with Gasteiger partial charge in [0.2, 0.25) is 0 Å². The second-order valence-corrected chi connectivity index (χ2v) is 2.94. The summed E-state index contributed by atoms with van der Waals surface area (Å²) in [5.74, 6) is -1.44. The molecule has 0 aliphatic carbocycles. The number of hydrogen-bond donors (Lipinski definition) is 3. The van der Waals surface area contributed by atoms with Gasteiger partial charge in [-0.1, -0.05) is 0 Å². The highest BCUT2D eigenvalue weighted by atomic mass is 16.4. The van der Waals surface area contributed by atoms with E-state index in [1.807, 2.05) is 0 Å². The maximum atomic E-state index is 11.3. The molecule has 0 aromatic carbocycles. The van der Waals surface area contributed by atoms with Crippen molar-refractivity contribution in [1.82, 2.24) is 15.4 Å². The highest BCUT2D eigenvalue weighted by Gasteiger charge is 2.11. The summed E-state index contributed by atoms with van der Waals surface area (Å²) >= 11 is 0. The molecule has 1 rings (SSSR count). The lowest BCUT2D eigenvalue weighted by atomic mass is 10.3. The number of nitrogens with zero attached hydrogens (tertiary/aromatic N) is 1. The number of carbonyl (C=O) groups is 2. The molecule has 14 heavy (non-hydrogen) atoms. The number of rotatable bonds is 3. The smallest absolute Gasteiger partial charge is 0.352 e. The van der Waals surface area contributed by atoms with Gasteiger partial charge in [0.05, 0.1) is 5.56 Å². The van der Waals surface area contributed by atoms with Crippen molar-refractivity contribution in [2.24, 2.45) is 0 Å². The van der Waals surface area contributed by atoms with E-state index in [1.165, 1.54) is 17.3 Å². The normalized spacial score (nSPS) is 10.2. The van der Waals surface area contributed by atoms with Crippen molar-refractivity contribution in [1.29, 1.82) is 0 Å². The Morgan fingerprint density at radius 1 is 1.50 bits per heavy atom. The number of aromatic amines is 1. The zero-order valence-electron chi connectivity index (χ0n) is 7.87. The standard InChI is InChI=1S/C8H11N3O3/c1-11(2)10-7(12)5-3-6(8(13)14)9-4-5/h3-4,9H,1-2H3,(H,10,12)(H,13,14). The Bertz CT molecular complexity index is 356. The zero-order valence-corrected chi connectivity index (χ0v) is 7.87. The molecule has 0 aliphatic heterocycles. The van der Waals surface area contributed by atoms with Crippen molar-refractivity contribution in [2.75, 3.05) is 14.1 Å². The zero-order chi connectivity index (χ0) is 10.7. The summed E-state index contributed by atoms with van der Waals surface area (Å²) in [6, 6.07) is 1.28. The van der Waals surface area contributed by atoms with Gasteiger partial charge >= 0.3 is 5.97 Å². The van der Waals surface area contributed by atoms with Crippen molar-refractivity contribution in [3.05, 3.63) is 23.5 Å². The van der Waals surface area contributed by atoms with Crippen molar-refractivity contribution in [2.45, 2.75) is 0 Å². The predicted octanol–water partition coefficient (Wildman–Crippen LogP) is -0.0807. The van der Waals surface area contributed by atoms with Crippen LogP contribution in [0.4, 0.5) is 0 Å². The summed E-state index contributed by atoms with van der Waals surface area (Å²) in [4.78, 5) is 24.3. The average molecular weight is 197 g/mol. The fourth-order valence-electron chi connectivity index (χ4n) is 0.917. The molecule has 1 heterocycles. The number of carboxylic acid groups (broad SMARTS) is 1. The highest BCUT2D eigenvalue weighted by molar-refractivity contribution is 5.96. The average Bonchev–Trinajstić information content (AvgIpc) is 2.50. The lowest BCUT2D eigenvalue weighted by Crippen LogP contribution is -2.35. The van der Waals surface area contributed by atoms with Gasteiger partial charge in [-0.2, -0.15) is 0 Å². The molecule has 0 aliphatic rings. The summed E-state index contributed by atoms with van der Waals surface area (Å²) in [6.07, 6.45) is 1.35. The van der Waals surface area contributed by atoms with Gasteiger partial charge in [-0.25, -0.2) is 9.80 Å². The summed E-state index contributed by atoms with van der Waals surface area (Å²) in [6.45, 7) is 0. The minimum Gasteiger partial charge on any atom is -0.477 e. The maximum absolute atomic E-state index is 11.3.